The minimum Gasteiger partial charge on any atom is -0.478 e. The summed E-state index contributed by atoms with van der Waals surface area (Å²) >= 11 is 3.32. The number of halogens is 1. The number of carboxylic acids is 1. The molecule has 3 aromatic rings. The van der Waals surface area contributed by atoms with Crippen molar-refractivity contribution in [1.82, 2.24) is 9.55 Å². The van der Waals surface area contributed by atoms with E-state index in [9.17, 15) is 9.59 Å². The van der Waals surface area contributed by atoms with Crippen LogP contribution in [-0.4, -0.2) is 20.6 Å². The second-order valence-electron chi connectivity index (χ2n) is 4.45. The van der Waals surface area contributed by atoms with Crippen LogP contribution in [0, 0.1) is 0 Å². The molecule has 3 rings (SSSR count). The van der Waals surface area contributed by atoms with Crippen molar-refractivity contribution in [2.75, 3.05) is 0 Å². The lowest BCUT2D eigenvalue weighted by atomic mass is 10.2. The van der Waals surface area contributed by atoms with Crippen molar-refractivity contribution < 1.29 is 14.3 Å². The molecule has 0 atom stereocenters. The first-order chi connectivity index (χ1) is 10.0. The molecule has 106 valence electrons. The highest BCUT2D eigenvalue weighted by atomic mass is 79.9. The molecule has 0 bridgehead atoms. The van der Waals surface area contributed by atoms with Gasteiger partial charge >= 0.3 is 5.97 Å². The summed E-state index contributed by atoms with van der Waals surface area (Å²) in [6.45, 7) is 0.127. The second kappa shape index (κ2) is 5.17. The Morgan fingerprint density at radius 1 is 1.38 bits per heavy atom. The quantitative estimate of drug-likeness (QED) is 0.785. The van der Waals surface area contributed by atoms with Crippen LogP contribution in [0.25, 0.3) is 10.9 Å². The topological polar surface area (TPSA) is 85.3 Å². The van der Waals surface area contributed by atoms with E-state index in [-0.39, 0.29) is 17.7 Å². The average Bonchev–Trinajstić information content (AvgIpc) is 2.91. The molecule has 0 saturated heterocycles. The summed E-state index contributed by atoms with van der Waals surface area (Å²) in [5.74, 6) is -0.691. The third kappa shape index (κ3) is 2.59. The summed E-state index contributed by atoms with van der Waals surface area (Å²) in [5, 5.41) is 9.33. The maximum Gasteiger partial charge on any atom is 0.338 e. The van der Waals surface area contributed by atoms with Crippen molar-refractivity contribution >= 4 is 32.8 Å². The SMILES string of the molecule is O=C(O)c1coc(Cn2cnc3ccc(Br)cc3c2=O)c1. The molecule has 21 heavy (non-hydrogen) atoms. The average molecular weight is 349 g/mol. The molecule has 0 radical (unpaired) electrons. The monoisotopic (exact) mass is 348 g/mol. The van der Waals surface area contributed by atoms with Gasteiger partial charge in [0.1, 0.15) is 12.0 Å². The number of aromatic carboxylic acids is 1. The second-order valence-corrected chi connectivity index (χ2v) is 5.36. The van der Waals surface area contributed by atoms with Crippen LogP contribution in [0.2, 0.25) is 0 Å². The number of furan rings is 1. The molecule has 1 N–H and O–H groups in total. The zero-order valence-electron chi connectivity index (χ0n) is 10.6. The fourth-order valence-electron chi connectivity index (χ4n) is 1.99. The molecule has 2 heterocycles. The van der Waals surface area contributed by atoms with Crippen molar-refractivity contribution in [3.05, 3.63) is 63.0 Å². The summed E-state index contributed by atoms with van der Waals surface area (Å²) < 4.78 is 7.31. The van der Waals surface area contributed by atoms with Crippen LogP contribution < -0.4 is 5.56 Å². The van der Waals surface area contributed by atoms with E-state index in [1.54, 1.807) is 12.1 Å². The highest BCUT2D eigenvalue weighted by Gasteiger charge is 2.10. The van der Waals surface area contributed by atoms with Gasteiger partial charge in [0.25, 0.3) is 5.56 Å². The first kappa shape index (κ1) is 13.6. The van der Waals surface area contributed by atoms with Gasteiger partial charge in [0, 0.05) is 4.47 Å². The molecule has 0 aliphatic carbocycles. The molecule has 6 nitrogen and oxygen atoms in total. The molecule has 0 spiro atoms. The fourth-order valence-corrected chi connectivity index (χ4v) is 2.35. The Kier molecular flexibility index (Phi) is 3.34. The number of carboxylic acid groups (broad SMARTS) is 1. The van der Waals surface area contributed by atoms with Crippen LogP contribution in [-0.2, 0) is 6.54 Å². The van der Waals surface area contributed by atoms with E-state index in [0.717, 1.165) is 10.7 Å². The Labute approximate surface area is 126 Å². The standard InChI is InChI=1S/C14H9BrN2O4/c15-9-1-2-12-11(4-9)13(18)17(7-16-12)5-10-3-8(6-21-10)14(19)20/h1-4,6-7H,5H2,(H,19,20). The van der Waals surface area contributed by atoms with Crippen molar-refractivity contribution in [1.29, 1.82) is 0 Å². The molecular weight excluding hydrogens is 340 g/mol. The molecule has 1 aromatic carbocycles. The maximum absolute atomic E-state index is 12.4. The number of hydrogen-bond acceptors (Lipinski definition) is 4. The van der Waals surface area contributed by atoms with Crippen molar-refractivity contribution in [2.24, 2.45) is 0 Å². The van der Waals surface area contributed by atoms with Crippen LogP contribution in [0.15, 0.2) is 50.5 Å². The summed E-state index contributed by atoms with van der Waals surface area (Å²) in [5.41, 5.74) is 0.439. The smallest absolute Gasteiger partial charge is 0.338 e. The van der Waals surface area contributed by atoms with E-state index in [1.807, 2.05) is 6.07 Å². The molecule has 0 amide bonds. The Bertz CT molecular complexity index is 897. The number of benzene rings is 1. The fraction of sp³-hybridized carbons (Fsp3) is 0.0714. The van der Waals surface area contributed by atoms with Gasteiger partial charge in [-0.1, -0.05) is 15.9 Å². The maximum atomic E-state index is 12.4. The highest BCUT2D eigenvalue weighted by Crippen LogP contribution is 2.15. The molecule has 0 aliphatic rings. The molecule has 0 fully saturated rings. The Balaban J connectivity index is 2.02. The zero-order valence-corrected chi connectivity index (χ0v) is 12.2. The lowest BCUT2D eigenvalue weighted by Gasteiger charge is -2.04. The predicted molar refractivity (Wildman–Crippen MR) is 78.5 cm³/mol. The summed E-state index contributed by atoms with van der Waals surface area (Å²) in [6.07, 6.45) is 2.56. The highest BCUT2D eigenvalue weighted by molar-refractivity contribution is 9.10. The van der Waals surface area contributed by atoms with Gasteiger partial charge in [-0.2, -0.15) is 0 Å². The van der Waals surface area contributed by atoms with Gasteiger partial charge in [-0.25, -0.2) is 9.78 Å². The van der Waals surface area contributed by atoms with E-state index in [4.69, 9.17) is 9.52 Å². The van der Waals surface area contributed by atoms with Crippen molar-refractivity contribution in [3.63, 3.8) is 0 Å². The molecule has 7 heteroatoms. The first-order valence-electron chi connectivity index (χ1n) is 6.00. The predicted octanol–water partition coefficient (Wildman–Crippen LogP) is 2.50. The van der Waals surface area contributed by atoms with Gasteiger partial charge in [-0.05, 0) is 24.3 Å². The molecular formula is C14H9BrN2O4. The normalized spacial score (nSPS) is 10.9. The van der Waals surface area contributed by atoms with Gasteiger partial charge in [0.05, 0.1) is 29.3 Å². The summed E-state index contributed by atoms with van der Waals surface area (Å²) in [6, 6.07) is 6.65. The first-order valence-corrected chi connectivity index (χ1v) is 6.79. The van der Waals surface area contributed by atoms with E-state index >= 15 is 0 Å². The van der Waals surface area contributed by atoms with E-state index in [1.165, 1.54) is 17.0 Å². The Morgan fingerprint density at radius 2 is 2.19 bits per heavy atom. The minimum absolute atomic E-state index is 0.0505. The third-order valence-electron chi connectivity index (χ3n) is 3.01. The van der Waals surface area contributed by atoms with Gasteiger partial charge in [-0.3, -0.25) is 9.36 Å². The van der Waals surface area contributed by atoms with Crippen molar-refractivity contribution in [2.45, 2.75) is 6.54 Å². The summed E-state index contributed by atoms with van der Waals surface area (Å²) in [7, 11) is 0. The number of hydrogen-bond donors (Lipinski definition) is 1. The van der Waals surface area contributed by atoms with Crippen LogP contribution in [0.3, 0.4) is 0 Å². The van der Waals surface area contributed by atoms with Gasteiger partial charge in [0.2, 0.25) is 0 Å². The molecule has 2 aromatic heterocycles. The zero-order chi connectivity index (χ0) is 15.0. The van der Waals surface area contributed by atoms with E-state index in [0.29, 0.717) is 16.7 Å². The van der Waals surface area contributed by atoms with Crippen molar-refractivity contribution in [3.8, 4) is 0 Å². The Hall–Kier alpha value is -2.41. The third-order valence-corrected chi connectivity index (χ3v) is 3.51. The lowest BCUT2D eigenvalue weighted by molar-refractivity contribution is 0.0696. The minimum atomic E-state index is -1.07. The van der Waals surface area contributed by atoms with E-state index in [2.05, 4.69) is 20.9 Å². The van der Waals surface area contributed by atoms with Crippen LogP contribution >= 0.6 is 15.9 Å². The number of nitrogens with zero attached hydrogens (tertiary/aromatic N) is 2. The number of aromatic nitrogens is 2. The number of rotatable bonds is 3. The van der Waals surface area contributed by atoms with Gasteiger partial charge < -0.3 is 9.52 Å². The van der Waals surface area contributed by atoms with E-state index < -0.39 is 5.97 Å². The van der Waals surface area contributed by atoms with Crippen LogP contribution in [0.4, 0.5) is 0 Å². The largest absolute Gasteiger partial charge is 0.478 e. The molecule has 0 unspecified atom stereocenters. The molecule has 0 saturated carbocycles. The number of fused-ring (bicyclic) bond motifs is 1. The lowest BCUT2D eigenvalue weighted by Crippen LogP contribution is -2.20. The van der Waals surface area contributed by atoms with Gasteiger partial charge in [0.15, 0.2) is 0 Å². The molecule has 0 aliphatic heterocycles. The van der Waals surface area contributed by atoms with Crippen LogP contribution in [0.5, 0.6) is 0 Å². The Morgan fingerprint density at radius 3 is 2.90 bits per heavy atom. The number of carbonyl (C=O) groups is 1. The summed E-state index contributed by atoms with van der Waals surface area (Å²) in [4.78, 5) is 27.4. The van der Waals surface area contributed by atoms with Gasteiger partial charge in [-0.15, -0.1) is 0 Å². The van der Waals surface area contributed by atoms with Crippen LogP contribution in [0.1, 0.15) is 16.1 Å².